The number of hydrogen-bond donors (Lipinski definition) is 1. The summed E-state index contributed by atoms with van der Waals surface area (Å²) in [4.78, 5) is 25.7. The van der Waals surface area contributed by atoms with Crippen LogP contribution in [0.25, 0.3) is 0 Å². The van der Waals surface area contributed by atoms with E-state index < -0.39 is 0 Å². The van der Waals surface area contributed by atoms with E-state index in [-0.39, 0.29) is 18.2 Å². The Kier molecular flexibility index (Phi) is 7.21. The Bertz CT molecular complexity index is 729. The lowest BCUT2D eigenvalue weighted by atomic mass is 10.2. The number of nitrogens with one attached hydrogen (secondary N) is 1. The molecule has 5 heteroatoms. The highest BCUT2D eigenvalue weighted by Gasteiger charge is 2.14. The molecule has 0 fully saturated rings. The smallest absolute Gasteiger partial charge is 0.226 e. The normalized spacial score (nSPS) is 10.5. The van der Waals surface area contributed by atoms with Gasteiger partial charge in [-0.25, -0.2) is 0 Å². The molecule has 0 aromatic heterocycles. The van der Waals surface area contributed by atoms with Gasteiger partial charge in [0.25, 0.3) is 0 Å². The molecule has 0 spiro atoms. The Balaban J connectivity index is 1.97. The van der Waals surface area contributed by atoms with Crippen molar-refractivity contribution in [1.82, 2.24) is 4.90 Å². The number of anilines is 1. The van der Waals surface area contributed by atoms with E-state index in [9.17, 15) is 9.59 Å². The molecular weight excluding hydrogens is 328 g/mol. The van der Waals surface area contributed by atoms with Crippen molar-refractivity contribution >= 4 is 17.5 Å². The number of hydrogen-bond acceptors (Lipinski definition) is 3. The number of rotatable bonds is 8. The van der Waals surface area contributed by atoms with Gasteiger partial charge in [0.2, 0.25) is 11.8 Å². The zero-order chi connectivity index (χ0) is 18.9. The Morgan fingerprint density at radius 3 is 2.35 bits per heavy atom. The van der Waals surface area contributed by atoms with Crippen molar-refractivity contribution in [2.75, 3.05) is 18.4 Å². The van der Waals surface area contributed by atoms with Crippen LogP contribution >= 0.6 is 0 Å². The molecule has 5 nitrogen and oxygen atoms in total. The molecule has 2 aromatic carbocycles. The molecule has 26 heavy (non-hydrogen) atoms. The number of para-hydroxylation sites is 3. The molecule has 2 aromatic rings. The summed E-state index contributed by atoms with van der Waals surface area (Å²) in [6, 6.07) is 16.7. The summed E-state index contributed by atoms with van der Waals surface area (Å²) in [5, 5.41) is 2.88. The molecule has 0 aliphatic rings. The minimum atomic E-state index is -0.149. The lowest BCUT2D eigenvalue weighted by Gasteiger charge is -2.22. The zero-order valence-corrected chi connectivity index (χ0v) is 15.6. The predicted octanol–water partition coefficient (Wildman–Crippen LogP) is 4.31. The maximum absolute atomic E-state index is 12.3. The molecule has 138 valence electrons. The van der Waals surface area contributed by atoms with Crippen molar-refractivity contribution in [3.8, 4) is 11.5 Å². The Morgan fingerprint density at radius 1 is 1.04 bits per heavy atom. The molecule has 0 saturated heterocycles. The number of nitrogens with zero attached hydrogens (tertiary/aromatic N) is 1. The molecule has 0 atom stereocenters. The van der Waals surface area contributed by atoms with E-state index in [1.54, 1.807) is 11.0 Å². The third-order valence-corrected chi connectivity index (χ3v) is 3.77. The average Bonchev–Trinajstić information content (AvgIpc) is 2.60. The molecule has 2 amide bonds. The summed E-state index contributed by atoms with van der Waals surface area (Å²) in [6.45, 7) is 6.68. The number of amides is 2. The quantitative estimate of drug-likeness (QED) is 0.768. The van der Waals surface area contributed by atoms with Crippen molar-refractivity contribution in [3.63, 3.8) is 0 Å². The molecule has 0 radical (unpaired) electrons. The van der Waals surface area contributed by atoms with Crippen LogP contribution in [0.5, 0.6) is 11.5 Å². The van der Waals surface area contributed by atoms with Gasteiger partial charge in [0.15, 0.2) is 5.75 Å². The third kappa shape index (κ3) is 6.24. The van der Waals surface area contributed by atoms with E-state index in [4.69, 9.17) is 4.74 Å². The van der Waals surface area contributed by atoms with Gasteiger partial charge in [-0.3, -0.25) is 9.59 Å². The molecular formula is C21H26N2O3. The maximum Gasteiger partial charge on any atom is 0.226 e. The first-order valence-electron chi connectivity index (χ1n) is 8.83. The number of carbonyl (C=O) groups excluding carboxylic acids is 2. The van der Waals surface area contributed by atoms with Crippen molar-refractivity contribution in [2.24, 2.45) is 5.92 Å². The van der Waals surface area contributed by atoms with Gasteiger partial charge in [-0.15, -0.1) is 0 Å². The first kappa shape index (κ1) is 19.5. The van der Waals surface area contributed by atoms with Crippen LogP contribution in [0.4, 0.5) is 5.69 Å². The van der Waals surface area contributed by atoms with Gasteiger partial charge < -0.3 is 15.0 Å². The van der Waals surface area contributed by atoms with E-state index in [0.29, 0.717) is 36.2 Å². The summed E-state index contributed by atoms with van der Waals surface area (Å²) < 4.78 is 5.85. The van der Waals surface area contributed by atoms with Crippen LogP contribution < -0.4 is 10.1 Å². The van der Waals surface area contributed by atoms with Crippen LogP contribution in [-0.2, 0) is 9.59 Å². The highest BCUT2D eigenvalue weighted by molar-refractivity contribution is 5.92. The van der Waals surface area contributed by atoms with E-state index in [0.717, 1.165) is 0 Å². The summed E-state index contributed by atoms with van der Waals surface area (Å²) >= 11 is 0. The highest BCUT2D eigenvalue weighted by Crippen LogP contribution is 2.29. The van der Waals surface area contributed by atoms with Gasteiger partial charge in [-0.1, -0.05) is 44.2 Å². The van der Waals surface area contributed by atoms with Gasteiger partial charge >= 0.3 is 0 Å². The molecule has 0 aliphatic heterocycles. The van der Waals surface area contributed by atoms with Crippen LogP contribution in [0.15, 0.2) is 54.6 Å². The summed E-state index contributed by atoms with van der Waals surface area (Å²) in [5.74, 6) is 1.48. The number of benzene rings is 2. The second kappa shape index (κ2) is 9.61. The molecule has 0 aliphatic carbocycles. The SMILES string of the molecule is CC(=O)N(CCC(=O)Nc1ccccc1Oc1ccccc1)CC(C)C. The summed E-state index contributed by atoms with van der Waals surface area (Å²) in [5.41, 5.74) is 0.611. The second-order valence-electron chi connectivity index (χ2n) is 6.57. The lowest BCUT2D eigenvalue weighted by Crippen LogP contribution is -2.34. The minimum Gasteiger partial charge on any atom is -0.455 e. The lowest BCUT2D eigenvalue weighted by molar-refractivity contribution is -0.129. The predicted molar refractivity (Wildman–Crippen MR) is 103 cm³/mol. The first-order chi connectivity index (χ1) is 12.5. The van der Waals surface area contributed by atoms with Gasteiger partial charge in [-0.2, -0.15) is 0 Å². The van der Waals surface area contributed by atoms with Gasteiger partial charge in [0.05, 0.1) is 5.69 Å². The van der Waals surface area contributed by atoms with Crippen LogP contribution in [0.1, 0.15) is 27.2 Å². The van der Waals surface area contributed by atoms with Crippen LogP contribution in [-0.4, -0.2) is 29.8 Å². The van der Waals surface area contributed by atoms with E-state index in [1.165, 1.54) is 6.92 Å². The fourth-order valence-corrected chi connectivity index (χ4v) is 2.54. The zero-order valence-electron chi connectivity index (χ0n) is 15.6. The number of ether oxygens (including phenoxy) is 1. The Morgan fingerprint density at radius 2 is 1.69 bits per heavy atom. The fourth-order valence-electron chi connectivity index (χ4n) is 2.54. The van der Waals surface area contributed by atoms with Crippen molar-refractivity contribution in [1.29, 1.82) is 0 Å². The Hall–Kier alpha value is -2.82. The molecule has 2 rings (SSSR count). The second-order valence-corrected chi connectivity index (χ2v) is 6.57. The third-order valence-electron chi connectivity index (χ3n) is 3.77. The van der Waals surface area contributed by atoms with Crippen molar-refractivity contribution in [3.05, 3.63) is 54.6 Å². The monoisotopic (exact) mass is 354 g/mol. The molecule has 0 bridgehead atoms. The first-order valence-corrected chi connectivity index (χ1v) is 8.83. The minimum absolute atomic E-state index is 0.0145. The molecule has 0 saturated carbocycles. The highest BCUT2D eigenvalue weighted by atomic mass is 16.5. The van der Waals surface area contributed by atoms with Gasteiger partial charge in [0, 0.05) is 26.4 Å². The largest absolute Gasteiger partial charge is 0.455 e. The van der Waals surface area contributed by atoms with Crippen molar-refractivity contribution in [2.45, 2.75) is 27.2 Å². The van der Waals surface area contributed by atoms with E-state index in [1.807, 2.05) is 62.4 Å². The maximum atomic E-state index is 12.3. The standard InChI is InChI=1S/C21H26N2O3/c1-16(2)15-23(17(3)24)14-13-21(25)22-19-11-7-8-12-20(19)26-18-9-5-4-6-10-18/h4-12,16H,13-15H2,1-3H3,(H,22,25). The van der Waals surface area contributed by atoms with E-state index >= 15 is 0 Å². The molecule has 0 heterocycles. The molecule has 1 N–H and O–H groups in total. The Labute approximate surface area is 155 Å². The topological polar surface area (TPSA) is 58.6 Å². The fraction of sp³-hybridized carbons (Fsp3) is 0.333. The summed E-state index contributed by atoms with van der Waals surface area (Å²) in [6.07, 6.45) is 0.242. The average molecular weight is 354 g/mol. The molecule has 0 unspecified atom stereocenters. The van der Waals surface area contributed by atoms with E-state index in [2.05, 4.69) is 5.32 Å². The van der Waals surface area contributed by atoms with Crippen molar-refractivity contribution < 1.29 is 14.3 Å². The number of carbonyl (C=O) groups is 2. The summed E-state index contributed by atoms with van der Waals surface area (Å²) in [7, 11) is 0. The van der Waals surface area contributed by atoms with Crippen LogP contribution in [0.2, 0.25) is 0 Å². The van der Waals surface area contributed by atoms with Crippen LogP contribution in [0.3, 0.4) is 0 Å². The van der Waals surface area contributed by atoms with Gasteiger partial charge in [-0.05, 0) is 30.2 Å². The van der Waals surface area contributed by atoms with Gasteiger partial charge in [0.1, 0.15) is 5.75 Å². The van der Waals surface area contributed by atoms with Crippen LogP contribution in [0, 0.1) is 5.92 Å².